The number of amides is 1. The van der Waals surface area contributed by atoms with Crippen LogP contribution >= 0.6 is 46.4 Å². The van der Waals surface area contributed by atoms with Gasteiger partial charge in [0.25, 0.3) is 19.7 Å². The predicted octanol–water partition coefficient (Wildman–Crippen LogP) is 4.55. The fourth-order valence-electron chi connectivity index (χ4n) is 3.68. The van der Waals surface area contributed by atoms with E-state index < -0.39 is 19.7 Å². The Balaban J connectivity index is 1.64. The minimum absolute atomic E-state index is 0.113. The number of fused-ring (bicyclic) bond motifs is 1. The molecule has 0 radical (unpaired) electrons. The summed E-state index contributed by atoms with van der Waals surface area (Å²) in [6, 6.07) is 13.4. The molecule has 1 amide bonds. The molecule has 1 aromatic heterocycles. The van der Waals surface area contributed by atoms with Crippen LogP contribution in [0.25, 0.3) is 10.9 Å². The molecule has 0 N–H and O–H groups in total. The fourth-order valence-corrected chi connectivity index (χ4v) is 5.69. The third kappa shape index (κ3) is 4.34. The summed E-state index contributed by atoms with van der Waals surface area (Å²) in [6.07, 6.45) is 1.53. The maximum Gasteiger partial charge on any atom is 0.274 e. The number of carbonyl (C=O) groups is 1. The van der Waals surface area contributed by atoms with Crippen LogP contribution in [0.3, 0.4) is 0 Å². The van der Waals surface area contributed by atoms with Crippen LogP contribution in [-0.2, 0) is 14.8 Å². The van der Waals surface area contributed by atoms with E-state index in [1.54, 1.807) is 30.3 Å². The third-order valence-corrected chi connectivity index (χ3v) is 7.58. The van der Waals surface area contributed by atoms with Crippen molar-refractivity contribution >= 4 is 78.9 Å². The average Bonchev–Trinajstić information content (AvgIpc) is 3.18. The molecule has 11 heteroatoms. The zero-order valence-corrected chi connectivity index (χ0v) is 19.9. The number of aromatic nitrogens is 1. The van der Waals surface area contributed by atoms with Crippen molar-refractivity contribution in [3.05, 3.63) is 59.8 Å². The molecule has 1 fully saturated rings. The molecule has 1 aliphatic rings. The molecule has 0 saturated carbocycles. The van der Waals surface area contributed by atoms with Crippen molar-refractivity contribution in [1.29, 1.82) is 0 Å². The second-order valence-electron chi connectivity index (χ2n) is 7.06. The highest BCUT2D eigenvalue weighted by Gasteiger charge is 2.36. The van der Waals surface area contributed by atoms with Gasteiger partial charge in [0.05, 0.1) is 10.4 Å². The Hall–Kier alpha value is -1.64. The van der Waals surface area contributed by atoms with Gasteiger partial charge in [-0.05, 0) is 36.4 Å². The summed E-state index contributed by atoms with van der Waals surface area (Å²) in [5.41, 5.74) is 1.43. The molecule has 0 aliphatic carbocycles. The van der Waals surface area contributed by atoms with Crippen molar-refractivity contribution in [2.45, 2.75) is 8.69 Å². The summed E-state index contributed by atoms with van der Waals surface area (Å²) in [4.78, 5) is 15.9. The van der Waals surface area contributed by atoms with Gasteiger partial charge in [0.2, 0.25) is 0 Å². The average molecular weight is 521 g/mol. The number of alkyl halides is 3. The van der Waals surface area contributed by atoms with E-state index in [1.807, 2.05) is 6.07 Å². The van der Waals surface area contributed by atoms with E-state index in [2.05, 4.69) is 4.90 Å². The van der Waals surface area contributed by atoms with Crippen LogP contribution in [0.4, 0.5) is 5.69 Å². The smallest absolute Gasteiger partial charge is 0.274 e. The zero-order valence-electron chi connectivity index (χ0n) is 16.0. The minimum Gasteiger partial charge on any atom is -0.367 e. The van der Waals surface area contributed by atoms with E-state index in [-0.39, 0.29) is 4.90 Å². The number of carbonyl (C=O) groups excluding carboxylic acids is 1. The molecular weight excluding hydrogens is 504 g/mol. The lowest BCUT2D eigenvalue weighted by molar-refractivity contribution is -0.130. The first-order valence-electron chi connectivity index (χ1n) is 9.31. The molecule has 31 heavy (non-hydrogen) atoms. The van der Waals surface area contributed by atoms with Crippen LogP contribution in [0.2, 0.25) is 5.02 Å². The molecule has 4 rings (SSSR count). The first-order chi connectivity index (χ1) is 14.6. The van der Waals surface area contributed by atoms with Gasteiger partial charge in [0.15, 0.2) is 0 Å². The Kier molecular flexibility index (Phi) is 6.09. The maximum atomic E-state index is 13.2. The van der Waals surface area contributed by atoms with Crippen molar-refractivity contribution in [3.8, 4) is 0 Å². The van der Waals surface area contributed by atoms with Gasteiger partial charge in [-0.15, -0.1) is 0 Å². The lowest BCUT2D eigenvalue weighted by atomic mass is 10.1. The Bertz CT molecular complexity index is 1250. The van der Waals surface area contributed by atoms with Crippen LogP contribution in [0.5, 0.6) is 0 Å². The van der Waals surface area contributed by atoms with E-state index in [9.17, 15) is 13.2 Å². The highest BCUT2D eigenvalue weighted by Crippen LogP contribution is 2.33. The number of hydrogen-bond donors (Lipinski definition) is 0. The van der Waals surface area contributed by atoms with E-state index >= 15 is 0 Å². The molecule has 0 spiro atoms. The molecule has 2 heterocycles. The van der Waals surface area contributed by atoms with Crippen molar-refractivity contribution in [1.82, 2.24) is 8.87 Å². The lowest BCUT2D eigenvalue weighted by Gasteiger charge is -2.37. The number of nitrogens with zero attached hydrogens (tertiary/aromatic N) is 3. The number of anilines is 1. The molecule has 0 unspecified atom stereocenters. The molecule has 3 aromatic rings. The molecular formula is C20H17Cl4N3O3S. The predicted molar refractivity (Wildman–Crippen MR) is 125 cm³/mol. The molecule has 1 saturated heterocycles. The van der Waals surface area contributed by atoms with E-state index in [0.29, 0.717) is 36.7 Å². The number of hydrogen-bond acceptors (Lipinski definition) is 4. The number of benzene rings is 2. The first kappa shape index (κ1) is 22.6. The third-order valence-electron chi connectivity index (χ3n) is 5.18. The fraction of sp³-hybridized carbons (Fsp3) is 0.250. The SMILES string of the molecule is O=C(N1CCN(c2cccc3c2ccn3S(=O)(=O)c2cccc(Cl)c2)CC1)C(Cl)(Cl)Cl. The van der Waals surface area contributed by atoms with Gasteiger partial charge in [-0.2, -0.15) is 0 Å². The van der Waals surface area contributed by atoms with Gasteiger partial charge in [0, 0.05) is 48.5 Å². The summed E-state index contributed by atoms with van der Waals surface area (Å²) < 4.78 is 25.6. The topological polar surface area (TPSA) is 62.6 Å². The van der Waals surface area contributed by atoms with Crippen LogP contribution in [0, 0.1) is 0 Å². The van der Waals surface area contributed by atoms with Gasteiger partial charge in [-0.1, -0.05) is 58.5 Å². The van der Waals surface area contributed by atoms with Crippen molar-refractivity contribution < 1.29 is 13.2 Å². The first-order valence-corrected chi connectivity index (χ1v) is 12.3. The normalized spacial score (nSPS) is 15.5. The molecule has 6 nitrogen and oxygen atoms in total. The molecule has 164 valence electrons. The summed E-state index contributed by atoms with van der Waals surface area (Å²) in [6.45, 7) is 1.84. The second kappa shape index (κ2) is 8.37. The van der Waals surface area contributed by atoms with E-state index in [0.717, 1.165) is 11.1 Å². The Morgan fingerprint density at radius 3 is 2.26 bits per heavy atom. The standard InChI is InChI=1S/C20H17Cl4N3O3S/c21-14-3-1-4-15(13-14)31(29,30)27-8-7-16-17(5-2-6-18(16)27)25-9-11-26(12-10-25)19(28)20(22,23)24/h1-8,13H,9-12H2. The zero-order chi connectivity index (χ0) is 22.4. The van der Waals surface area contributed by atoms with Gasteiger partial charge < -0.3 is 9.80 Å². The number of piperazine rings is 1. The highest BCUT2D eigenvalue weighted by atomic mass is 35.6. The van der Waals surface area contributed by atoms with Crippen LogP contribution in [0.1, 0.15) is 0 Å². The van der Waals surface area contributed by atoms with Crippen LogP contribution < -0.4 is 4.90 Å². The van der Waals surface area contributed by atoms with Gasteiger partial charge in [0.1, 0.15) is 0 Å². The Morgan fingerprint density at radius 2 is 1.61 bits per heavy atom. The van der Waals surface area contributed by atoms with Gasteiger partial charge in [-0.25, -0.2) is 12.4 Å². The maximum absolute atomic E-state index is 13.2. The second-order valence-corrected chi connectivity index (χ2v) is 11.6. The highest BCUT2D eigenvalue weighted by molar-refractivity contribution is 7.90. The van der Waals surface area contributed by atoms with Crippen molar-refractivity contribution in [2.24, 2.45) is 0 Å². The largest absolute Gasteiger partial charge is 0.367 e. The number of halogens is 4. The van der Waals surface area contributed by atoms with Gasteiger partial charge >= 0.3 is 0 Å². The molecule has 1 aliphatic heterocycles. The van der Waals surface area contributed by atoms with Crippen LogP contribution in [-0.4, -0.2) is 53.2 Å². The Morgan fingerprint density at radius 1 is 0.935 bits per heavy atom. The summed E-state index contributed by atoms with van der Waals surface area (Å²) in [5.74, 6) is -0.547. The van der Waals surface area contributed by atoms with E-state index in [1.165, 1.54) is 27.2 Å². The van der Waals surface area contributed by atoms with E-state index in [4.69, 9.17) is 46.4 Å². The molecule has 2 aromatic carbocycles. The van der Waals surface area contributed by atoms with Crippen LogP contribution in [0.15, 0.2) is 59.6 Å². The summed E-state index contributed by atoms with van der Waals surface area (Å²) in [5, 5.41) is 1.13. The van der Waals surface area contributed by atoms with Crippen molar-refractivity contribution in [3.63, 3.8) is 0 Å². The molecule has 0 atom stereocenters. The van der Waals surface area contributed by atoms with Crippen molar-refractivity contribution in [2.75, 3.05) is 31.1 Å². The summed E-state index contributed by atoms with van der Waals surface area (Å²) >= 11 is 23.1. The summed E-state index contributed by atoms with van der Waals surface area (Å²) in [7, 11) is -3.81. The Labute approximate surface area is 199 Å². The molecule has 0 bridgehead atoms. The van der Waals surface area contributed by atoms with Gasteiger partial charge in [-0.3, -0.25) is 4.79 Å². The minimum atomic E-state index is -3.81. The monoisotopic (exact) mass is 519 g/mol. The lowest BCUT2D eigenvalue weighted by Crippen LogP contribution is -2.51. The quantitative estimate of drug-likeness (QED) is 0.475. The number of rotatable bonds is 3.